The van der Waals surface area contributed by atoms with Gasteiger partial charge in [0.1, 0.15) is 54.3 Å². The zero-order chi connectivity index (χ0) is 47.9. The van der Waals surface area contributed by atoms with E-state index in [1.54, 1.807) is 11.8 Å². The molecule has 0 spiro atoms. The highest BCUT2D eigenvalue weighted by Gasteiger charge is 2.56. The minimum atomic E-state index is -1.03. The quantitative estimate of drug-likeness (QED) is 0.0689. The molecular weight excluding hydrogens is 913 g/mol. The number of hydrogen-bond acceptors (Lipinski definition) is 11. The third kappa shape index (κ3) is 13.3. The normalized spacial score (nSPS) is 26.3. The molecule has 0 amide bonds. The summed E-state index contributed by atoms with van der Waals surface area (Å²) in [5.41, 5.74) is 5.41. The molecule has 10 rings (SSSR count). The average molecular weight is 973 g/mol. The van der Waals surface area contributed by atoms with Gasteiger partial charge < -0.3 is 47.4 Å². The molecule has 3 aliphatic heterocycles. The van der Waals surface area contributed by atoms with Gasteiger partial charge in [-0.2, -0.15) is 0 Å². The summed E-state index contributed by atoms with van der Waals surface area (Å²) in [6, 6.07) is 70.8. The molecule has 1 unspecified atom stereocenters. The molecular formula is C60H60O10S. The lowest BCUT2D eigenvalue weighted by molar-refractivity contribution is -0.389. The first kappa shape index (κ1) is 49.1. The van der Waals surface area contributed by atoms with Crippen LogP contribution in [-0.2, 0) is 80.4 Å². The zero-order valence-electron chi connectivity index (χ0n) is 39.5. The molecule has 0 N–H and O–H groups in total. The second-order valence-corrected chi connectivity index (χ2v) is 19.0. The van der Waals surface area contributed by atoms with E-state index in [1.165, 1.54) is 0 Å². The van der Waals surface area contributed by atoms with Crippen molar-refractivity contribution in [1.29, 1.82) is 0 Å². The fourth-order valence-electron chi connectivity index (χ4n) is 9.16. The van der Waals surface area contributed by atoms with E-state index < -0.39 is 66.8 Å². The molecule has 11 atom stereocenters. The van der Waals surface area contributed by atoms with Crippen LogP contribution in [0.1, 0.15) is 39.7 Å². The topological polar surface area (TPSA) is 92.3 Å². The molecule has 3 fully saturated rings. The first-order valence-electron chi connectivity index (χ1n) is 24.4. The van der Waals surface area contributed by atoms with Crippen molar-refractivity contribution in [3.05, 3.63) is 246 Å². The van der Waals surface area contributed by atoms with Gasteiger partial charge in [-0.1, -0.05) is 212 Å². The maximum atomic E-state index is 7.52. The van der Waals surface area contributed by atoms with Crippen molar-refractivity contribution in [3.8, 4) is 0 Å². The van der Waals surface area contributed by atoms with Crippen molar-refractivity contribution in [2.24, 2.45) is 0 Å². The Hall–Kier alpha value is -5.51. The fourth-order valence-corrected chi connectivity index (χ4v) is 10.3. The molecule has 0 radical (unpaired) electrons. The highest BCUT2D eigenvalue weighted by Crippen LogP contribution is 2.42. The van der Waals surface area contributed by atoms with Crippen molar-refractivity contribution in [2.45, 2.75) is 105 Å². The van der Waals surface area contributed by atoms with E-state index in [1.807, 2.05) is 152 Å². The summed E-state index contributed by atoms with van der Waals surface area (Å²) in [5, 5.41) is 0. The van der Waals surface area contributed by atoms with Crippen molar-refractivity contribution >= 4 is 11.8 Å². The van der Waals surface area contributed by atoms with Gasteiger partial charge in [0.25, 0.3) is 0 Å². The lowest BCUT2D eigenvalue weighted by Gasteiger charge is -2.51. The standard InChI is InChI=1S/C60H60O10S/c1-8-22-43(23-9-1)36-61-41-50-52(55(63-38-45-26-12-3-13-27-45)57(65-40-47-30-16-5-17-31-47)60(68-50)71-49-34-20-7-21-35-49)70-59-56(64-39-46-28-14-4-15-29-46)54(62-37-44-24-10-2-11-25-44)53-51(67-59)42-66-58(69-53)48-32-18-6-19-33-48/h1-35,50-60H,36-42H2/t50-,51-,52-,53-,54+,55+,56-,57-,58?,59+,60+/m1/s1. The number of ether oxygens (including phenoxy) is 10. The summed E-state index contributed by atoms with van der Waals surface area (Å²) in [4.78, 5) is 1.02. The van der Waals surface area contributed by atoms with Gasteiger partial charge in [-0.05, 0) is 39.9 Å². The number of rotatable bonds is 21. The maximum absolute atomic E-state index is 7.52. The lowest BCUT2D eigenvalue weighted by Crippen LogP contribution is -2.66. The summed E-state index contributed by atoms with van der Waals surface area (Å²) in [6.07, 6.45) is -7.18. The SMILES string of the molecule is c1ccc(COC[C@H]2O[C@@H](Sc3ccccc3)[C@H](OCc3ccccc3)[C@@H](OCc3ccccc3)[C@@H]2O[C@@H]2O[C@@H]3COC(c4ccccc4)O[C@H]3[C@H](OCc3ccccc3)[C@H]2OCc2ccccc2)cc1. The molecule has 0 bridgehead atoms. The van der Waals surface area contributed by atoms with E-state index >= 15 is 0 Å². The average Bonchev–Trinajstić information content (AvgIpc) is 3.43. The van der Waals surface area contributed by atoms with Gasteiger partial charge in [0.2, 0.25) is 0 Å². The van der Waals surface area contributed by atoms with Gasteiger partial charge in [-0.3, -0.25) is 0 Å². The van der Waals surface area contributed by atoms with Crippen LogP contribution in [-0.4, -0.2) is 73.8 Å². The van der Waals surface area contributed by atoms with Gasteiger partial charge in [0, 0.05) is 10.5 Å². The molecule has 7 aromatic carbocycles. The van der Waals surface area contributed by atoms with E-state index in [2.05, 4.69) is 60.7 Å². The number of hydrogen-bond donors (Lipinski definition) is 0. The molecule has 7 aromatic rings. The van der Waals surface area contributed by atoms with Crippen LogP contribution < -0.4 is 0 Å². The molecule has 0 aliphatic carbocycles. The number of thioether (sulfide) groups is 1. The lowest BCUT2D eigenvalue weighted by atomic mass is 9.95. The molecule has 366 valence electrons. The van der Waals surface area contributed by atoms with Crippen molar-refractivity contribution < 1.29 is 47.4 Å². The second-order valence-electron chi connectivity index (χ2n) is 17.8. The van der Waals surface area contributed by atoms with Crippen LogP contribution in [0.3, 0.4) is 0 Å². The third-order valence-electron chi connectivity index (χ3n) is 12.8. The minimum absolute atomic E-state index is 0.176. The third-order valence-corrected chi connectivity index (χ3v) is 13.9. The van der Waals surface area contributed by atoms with Crippen LogP contribution in [0.25, 0.3) is 0 Å². The van der Waals surface area contributed by atoms with Gasteiger partial charge in [0.05, 0.1) is 46.2 Å². The summed E-state index contributed by atoms with van der Waals surface area (Å²) < 4.78 is 70.1. The molecule has 3 saturated heterocycles. The smallest absolute Gasteiger partial charge is 0.187 e. The summed E-state index contributed by atoms with van der Waals surface area (Å²) in [5.74, 6) is 0. The van der Waals surface area contributed by atoms with Gasteiger partial charge in [-0.25, -0.2) is 0 Å². The van der Waals surface area contributed by atoms with E-state index in [0.29, 0.717) is 19.8 Å². The van der Waals surface area contributed by atoms with Crippen molar-refractivity contribution in [1.82, 2.24) is 0 Å². The zero-order valence-corrected chi connectivity index (χ0v) is 40.3. The molecule has 10 nitrogen and oxygen atoms in total. The Labute approximate surface area is 421 Å². The predicted octanol–water partition coefficient (Wildman–Crippen LogP) is 11.3. The molecule has 71 heavy (non-hydrogen) atoms. The van der Waals surface area contributed by atoms with E-state index in [0.717, 1.165) is 38.3 Å². The molecule has 0 aromatic heterocycles. The van der Waals surface area contributed by atoms with Crippen LogP contribution in [0.5, 0.6) is 0 Å². The number of benzene rings is 7. The minimum Gasteiger partial charge on any atom is -0.374 e. The van der Waals surface area contributed by atoms with Crippen LogP contribution in [0, 0.1) is 0 Å². The molecule has 3 heterocycles. The highest BCUT2D eigenvalue weighted by molar-refractivity contribution is 7.99. The summed E-state index contributed by atoms with van der Waals surface area (Å²) >= 11 is 1.59. The molecule has 11 heteroatoms. The van der Waals surface area contributed by atoms with E-state index in [9.17, 15) is 0 Å². The van der Waals surface area contributed by atoms with Gasteiger partial charge in [-0.15, -0.1) is 0 Å². The highest BCUT2D eigenvalue weighted by atomic mass is 32.2. The van der Waals surface area contributed by atoms with Crippen LogP contribution in [0.4, 0.5) is 0 Å². The number of fused-ring (bicyclic) bond motifs is 1. The Balaban J connectivity index is 1.04. The van der Waals surface area contributed by atoms with E-state index in [4.69, 9.17) is 47.4 Å². The van der Waals surface area contributed by atoms with Crippen molar-refractivity contribution in [2.75, 3.05) is 13.2 Å². The largest absolute Gasteiger partial charge is 0.374 e. The monoisotopic (exact) mass is 972 g/mol. The van der Waals surface area contributed by atoms with Gasteiger partial charge >= 0.3 is 0 Å². The molecule has 0 saturated carbocycles. The molecule has 3 aliphatic rings. The van der Waals surface area contributed by atoms with Crippen molar-refractivity contribution in [3.63, 3.8) is 0 Å². The van der Waals surface area contributed by atoms with Crippen LogP contribution in [0.2, 0.25) is 0 Å². The Morgan fingerprint density at radius 3 is 1.37 bits per heavy atom. The predicted molar refractivity (Wildman–Crippen MR) is 271 cm³/mol. The van der Waals surface area contributed by atoms with Crippen LogP contribution >= 0.6 is 11.8 Å². The van der Waals surface area contributed by atoms with E-state index in [-0.39, 0.29) is 26.4 Å². The maximum Gasteiger partial charge on any atom is 0.187 e. The summed E-state index contributed by atoms with van der Waals surface area (Å²) in [6.45, 7) is 1.92. The van der Waals surface area contributed by atoms with Gasteiger partial charge in [0.15, 0.2) is 12.6 Å². The first-order valence-corrected chi connectivity index (χ1v) is 25.3. The van der Waals surface area contributed by atoms with Crippen LogP contribution in [0.15, 0.2) is 217 Å². The Kier molecular flexibility index (Phi) is 17.4. The Bertz CT molecular complexity index is 2590. The Morgan fingerprint density at radius 1 is 0.408 bits per heavy atom. The first-order chi connectivity index (χ1) is 35.2. The summed E-state index contributed by atoms with van der Waals surface area (Å²) in [7, 11) is 0. The Morgan fingerprint density at radius 2 is 0.845 bits per heavy atom. The fraction of sp³-hybridized carbons (Fsp3) is 0.300. The second kappa shape index (κ2) is 25.2.